The predicted molar refractivity (Wildman–Crippen MR) is 142 cm³/mol. The Morgan fingerprint density at radius 2 is 1.78 bits per heavy atom. The van der Waals surface area contributed by atoms with Crippen molar-refractivity contribution in [2.75, 3.05) is 7.11 Å². The number of aliphatic hydroxyl groups excluding tert-OH is 1. The molecule has 1 N–H and O–H groups in total. The van der Waals surface area contributed by atoms with Crippen LogP contribution in [0.25, 0.3) is 0 Å². The topological polar surface area (TPSA) is 97.9 Å². The highest BCUT2D eigenvalue weighted by Gasteiger charge is 2.49. The third kappa shape index (κ3) is 8.08. The summed E-state index contributed by atoms with van der Waals surface area (Å²) in [4.78, 5) is 25.8. The Kier molecular flexibility index (Phi) is 9.86. The van der Waals surface area contributed by atoms with Crippen LogP contribution in [-0.2, 0) is 28.5 Å². The number of epoxide rings is 2. The molecule has 3 heterocycles. The summed E-state index contributed by atoms with van der Waals surface area (Å²) in [5.41, 5.74) is 0.553. The Morgan fingerprint density at radius 1 is 1.11 bits per heavy atom. The second-order valence-corrected chi connectivity index (χ2v) is 10.7. The molecule has 0 aromatic carbocycles. The van der Waals surface area contributed by atoms with Crippen molar-refractivity contribution in [3.05, 3.63) is 59.8 Å². The summed E-state index contributed by atoms with van der Waals surface area (Å²) < 4.78 is 22.8. The molecule has 0 aromatic rings. The molecule has 3 aliphatic rings. The zero-order chi connectivity index (χ0) is 27.3. The van der Waals surface area contributed by atoms with Crippen LogP contribution in [0.1, 0.15) is 54.4 Å². The zero-order valence-corrected chi connectivity index (χ0v) is 23.0. The molecule has 9 atom stereocenters. The van der Waals surface area contributed by atoms with E-state index in [1.165, 1.54) is 0 Å². The number of carbonyl (C=O) groups excluding carboxylic acids is 2. The van der Waals surface area contributed by atoms with Gasteiger partial charge in [-0.1, -0.05) is 56.4 Å². The highest BCUT2D eigenvalue weighted by atomic mass is 16.6. The Morgan fingerprint density at radius 3 is 2.43 bits per heavy atom. The summed E-state index contributed by atoms with van der Waals surface area (Å²) in [6.45, 7) is 11.0. The van der Waals surface area contributed by atoms with E-state index in [4.69, 9.17) is 18.9 Å². The molecule has 2 fully saturated rings. The Hall–Kier alpha value is -2.32. The molecule has 0 amide bonds. The fourth-order valence-electron chi connectivity index (χ4n) is 4.46. The minimum Gasteiger partial charge on any atom is -0.454 e. The molecule has 0 aromatic heterocycles. The van der Waals surface area contributed by atoms with E-state index in [1.807, 2.05) is 51.2 Å². The number of ether oxygens (including phenoxy) is 4. The van der Waals surface area contributed by atoms with Gasteiger partial charge in [0.25, 0.3) is 0 Å². The van der Waals surface area contributed by atoms with E-state index in [-0.39, 0.29) is 30.2 Å². The van der Waals surface area contributed by atoms with Crippen LogP contribution in [-0.4, -0.2) is 66.2 Å². The zero-order valence-electron chi connectivity index (χ0n) is 23.0. The van der Waals surface area contributed by atoms with E-state index >= 15 is 0 Å². The first-order valence-corrected chi connectivity index (χ1v) is 13.1. The molecule has 3 aliphatic heterocycles. The van der Waals surface area contributed by atoms with Crippen LogP contribution in [0.15, 0.2) is 59.8 Å². The summed E-state index contributed by atoms with van der Waals surface area (Å²) in [5.74, 6) is -1.48. The van der Waals surface area contributed by atoms with Crippen molar-refractivity contribution < 1.29 is 33.6 Å². The first kappa shape index (κ1) is 29.2. The van der Waals surface area contributed by atoms with E-state index in [9.17, 15) is 14.7 Å². The predicted octanol–water partition coefficient (Wildman–Crippen LogP) is 4.42. The molecule has 7 nitrogen and oxygen atoms in total. The van der Waals surface area contributed by atoms with Crippen molar-refractivity contribution in [2.45, 2.75) is 96.6 Å². The summed E-state index contributed by atoms with van der Waals surface area (Å²) in [6, 6.07) is 0. The van der Waals surface area contributed by atoms with Gasteiger partial charge in [0.05, 0.1) is 24.4 Å². The fraction of sp³-hybridized carbons (Fsp3) is 0.600. The number of fused-ring (bicyclic) bond motifs is 1. The van der Waals surface area contributed by atoms with Gasteiger partial charge in [-0.15, -0.1) is 0 Å². The van der Waals surface area contributed by atoms with E-state index in [2.05, 4.69) is 0 Å². The standard InChI is InChI=1S/C30H42O7/c1-18-10-8-9-11-27-30(6,37-27)15-14-23(34-7)17-24(31)21(4)25(12-13-26-22(5)35-26)36-29(33)20(3)16-19(2)28(18)32/h8-10,12-16,19,21-27,31H,11,17H2,1-7H3/b9-8+,13-12+,15-14+,18-10+,20-16+/t19-,21+,22-,23+,24+,25+,26-,27+,30+/m0/s1. The first-order valence-electron chi connectivity index (χ1n) is 13.1. The van der Waals surface area contributed by atoms with Gasteiger partial charge >= 0.3 is 5.97 Å². The molecule has 0 radical (unpaired) electrons. The molecule has 7 heteroatoms. The average Bonchev–Trinajstić information content (AvgIpc) is 3.75. The molecule has 0 aliphatic carbocycles. The van der Waals surface area contributed by atoms with Crippen molar-refractivity contribution in [1.82, 2.24) is 0 Å². The van der Waals surface area contributed by atoms with Gasteiger partial charge < -0.3 is 24.1 Å². The molecule has 0 spiro atoms. The largest absolute Gasteiger partial charge is 0.454 e. The van der Waals surface area contributed by atoms with Crippen LogP contribution in [0.3, 0.4) is 0 Å². The molecule has 204 valence electrons. The molecular formula is C30H42O7. The number of esters is 1. The highest BCUT2D eigenvalue weighted by molar-refractivity contribution is 5.99. The van der Waals surface area contributed by atoms with Crippen LogP contribution >= 0.6 is 0 Å². The van der Waals surface area contributed by atoms with Gasteiger partial charge in [-0.3, -0.25) is 4.79 Å². The second-order valence-electron chi connectivity index (χ2n) is 10.7. The van der Waals surface area contributed by atoms with E-state index in [0.717, 1.165) is 0 Å². The maximum absolute atomic E-state index is 13.0. The van der Waals surface area contributed by atoms with Gasteiger partial charge in [0.2, 0.25) is 0 Å². The van der Waals surface area contributed by atoms with Crippen LogP contribution in [0, 0.1) is 11.8 Å². The minimum absolute atomic E-state index is 0.0240. The number of ketones is 1. The van der Waals surface area contributed by atoms with Gasteiger partial charge in [-0.2, -0.15) is 0 Å². The monoisotopic (exact) mass is 514 g/mol. The molecule has 0 unspecified atom stereocenters. The number of hydrogen-bond acceptors (Lipinski definition) is 7. The third-order valence-electron chi connectivity index (χ3n) is 7.47. The number of allylic oxidation sites excluding steroid dienone is 4. The van der Waals surface area contributed by atoms with Crippen LogP contribution in [0.5, 0.6) is 0 Å². The Bertz CT molecular complexity index is 990. The quantitative estimate of drug-likeness (QED) is 0.338. The summed E-state index contributed by atoms with van der Waals surface area (Å²) in [5, 5.41) is 11.1. The van der Waals surface area contributed by atoms with Crippen molar-refractivity contribution in [3.8, 4) is 0 Å². The summed E-state index contributed by atoms with van der Waals surface area (Å²) in [7, 11) is 1.61. The lowest BCUT2D eigenvalue weighted by Gasteiger charge is -2.27. The van der Waals surface area contributed by atoms with Crippen molar-refractivity contribution in [1.29, 1.82) is 0 Å². The lowest BCUT2D eigenvalue weighted by molar-refractivity contribution is -0.146. The van der Waals surface area contributed by atoms with E-state index in [1.54, 1.807) is 46.1 Å². The van der Waals surface area contributed by atoms with E-state index in [0.29, 0.717) is 24.0 Å². The summed E-state index contributed by atoms with van der Waals surface area (Å²) in [6.07, 6.45) is 14.2. The number of methoxy groups -OCH3 is 1. The van der Waals surface area contributed by atoms with Gasteiger partial charge in [-0.25, -0.2) is 4.79 Å². The number of Topliss-reactive ketones (excluding diaryl/α,β-unsaturated/α-hetero) is 1. The van der Waals surface area contributed by atoms with Gasteiger partial charge in [0.1, 0.15) is 17.8 Å². The fourth-order valence-corrected chi connectivity index (χ4v) is 4.46. The maximum atomic E-state index is 13.0. The first-order chi connectivity index (χ1) is 17.4. The normalized spacial score (nSPS) is 44.5. The SMILES string of the molecule is CO[C@@H]1/C=C/[C@@]2(C)O[C@@H]2C/C=C/C=C(\C)C(=O)[C@@H](C)/C=C(\C)C(=O)O[C@H](/C=C/[C@@H]2O[C@H]2C)[C@H](C)[C@H](O)C1. The van der Waals surface area contributed by atoms with E-state index < -0.39 is 35.6 Å². The molecule has 3 rings (SSSR count). The lowest BCUT2D eigenvalue weighted by atomic mass is 9.92. The van der Waals surface area contributed by atoms with Crippen molar-refractivity contribution in [2.24, 2.45) is 11.8 Å². The third-order valence-corrected chi connectivity index (χ3v) is 7.47. The van der Waals surface area contributed by atoms with Gasteiger partial charge in [0.15, 0.2) is 5.78 Å². The average molecular weight is 515 g/mol. The molecule has 0 saturated carbocycles. The maximum Gasteiger partial charge on any atom is 0.334 e. The number of cyclic esters (lactones) is 1. The highest BCUT2D eigenvalue weighted by Crippen LogP contribution is 2.40. The smallest absolute Gasteiger partial charge is 0.334 e. The number of carbonyl (C=O) groups is 2. The Labute approximate surface area is 220 Å². The molecule has 2 saturated heterocycles. The van der Waals surface area contributed by atoms with Crippen LogP contribution in [0.4, 0.5) is 0 Å². The molecule has 0 bridgehead atoms. The van der Waals surface area contributed by atoms with Gasteiger partial charge in [-0.05, 0) is 45.8 Å². The van der Waals surface area contributed by atoms with Crippen molar-refractivity contribution >= 4 is 11.8 Å². The number of rotatable bonds is 3. The van der Waals surface area contributed by atoms with Crippen LogP contribution < -0.4 is 0 Å². The number of hydrogen-bond donors (Lipinski definition) is 1. The Balaban J connectivity index is 1.87. The second kappa shape index (κ2) is 12.5. The molecular weight excluding hydrogens is 472 g/mol. The van der Waals surface area contributed by atoms with Crippen molar-refractivity contribution in [3.63, 3.8) is 0 Å². The lowest BCUT2D eigenvalue weighted by Crippen LogP contribution is -2.35. The van der Waals surface area contributed by atoms with Gasteiger partial charge in [0, 0.05) is 30.9 Å². The molecule has 37 heavy (non-hydrogen) atoms. The summed E-state index contributed by atoms with van der Waals surface area (Å²) >= 11 is 0. The number of aliphatic hydroxyl groups is 1. The van der Waals surface area contributed by atoms with Crippen LogP contribution in [0.2, 0.25) is 0 Å². The minimum atomic E-state index is -0.801.